The van der Waals surface area contributed by atoms with Crippen molar-refractivity contribution in [1.29, 1.82) is 0 Å². The number of amides is 2. The summed E-state index contributed by atoms with van der Waals surface area (Å²) in [5, 5.41) is 2.95. The Morgan fingerprint density at radius 2 is 2.04 bits per heavy atom. The van der Waals surface area contributed by atoms with Crippen LogP contribution < -0.4 is 5.32 Å². The van der Waals surface area contributed by atoms with Crippen LogP contribution in [0.4, 0.5) is 0 Å². The number of aromatic nitrogens is 1. The zero-order chi connectivity index (χ0) is 17.7. The summed E-state index contributed by atoms with van der Waals surface area (Å²) in [6.45, 7) is 10.3. The maximum Gasteiger partial charge on any atom is 0.271 e. The molecule has 0 saturated carbocycles. The summed E-state index contributed by atoms with van der Waals surface area (Å²) in [5.41, 5.74) is -0.00249. The van der Waals surface area contributed by atoms with Crippen molar-refractivity contribution in [2.75, 3.05) is 6.61 Å². The Morgan fingerprint density at radius 3 is 2.67 bits per heavy atom. The predicted octanol–water partition coefficient (Wildman–Crippen LogP) is 2.25. The lowest BCUT2D eigenvalue weighted by Crippen LogP contribution is -2.56. The number of carbonyl (C=O) groups is 2. The van der Waals surface area contributed by atoms with Gasteiger partial charge in [-0.15, -0.1) is 0 Å². The number of hydrogen-bond acceptors (Lipinski definition) is 4. The molecule has 2 aliphatic heterocycles. The van der Waals surface area contributed by atoms with Gasteiger partial charge in [-0.25, -0.2) is 0 Å². The number of ether oxygens (including phenoxy) is 1. The highest BCUT2D eigenvalue weighted by atomic mass is 16.5. The Kier molecular flexibility index (Phi) is 3.91. The van der Waals surface area contributed by atoms with Crippen molar-refractivity contribution >= 4 is 11.8 Å². The average molecular weight is 331 g/mol. The van der Waals surface area contributed by atoms with Crippen molar-refractivity contribution in [1.82, 2.24) is 15.2 Å². The highest BCUT2D eigenvalue weighted by molar-refractivity contribution is 6.06. The van der Waals surface area contributed by atoms with Crippen LogP contribution in [0.25, 0.3) is 0 Å². The van der Waals surface area contributed by atoms with E-state index in [1.54, 1.807) is 30.2 Å². The van der Waals surface area contributed by atoms with E-state index in [1.807, 2.05) is 13.8 Å². The Morgan fingerprint density at radius 1 is 1.33 bits per heavy atom. The Balaban J connectivity index is 2.14. The van der Waals surface area contributed by atoms with Gasteiger partial charge in [-0.1, -0.05) is 34.1 Å². The van der Waals surface area contributed by atoms with Gasteiger partial charge in [0.15, 0.2) is 0 Å². The second-order valence-corrected chi connectivity index (χ2v) is 7.26. The van der Waals surface area contributed by atoms with E-state index < -0.39 is 11.4 Å². The fourth-order valence-corrected chi connectivity index (χ4v) is 3.32. The second-order valence-electron chi connectivity index (χ2n) is 7.26. The number of fused-ring (bicyclic) bond motifs is 3. The van der Waals surface area contributed by atoms with E-state index >= 15 is 0 Å². The van der Waals surface area contributed by atoms with Gasteiger partial charge in [-0.05, 0) is 30.9 Å². The fraction of sp³-hybridized carbons (Fsp3) is 0.611. The Bertz CT molecular complexity index is 690. The molecule has 1 N–H and O–H groups in total. The van der Waals surface area contributed by atoms with Crippen molar-refractivity contribution in [3.63, 3.8) is 0 Å². The molecule has 1 aromatic rings. The van der Waals surface area contributed by atoms with Crippen molar-refractivity contribution in [2.24, 2.45) is 11.8 Å². The fourth-order valence-electron chi connectivity index (χ4n) is 3.32. The van der Waals surface area contributed by atoms with Crippen LogP contribution in [-0.2, 0) is 15.4 Å². The maximum absolute atomic E-state index is 13.1. The zero-order valence-electron chi connectivity index (χ0n) is 14.9. The quantitative estimate of drug-likeness (QED) is 0.898. The molecule has 3 unspecified atom stereocenters. The molecule has 3 rings (SSSR count). The summed E-state index contributed by atoms with van der Waals surface area (Å²) < 4.78 is 6.19. The molecular weight excluding hydrogens is 306 g/mol. The third kappa shape index (κ3) is 2.02. The summed E-state index contributed by atoms with van der Waals surface area (Å²) >= 11 is 0. The molecule has 1 fully saturated rings. The molecule has 0 bridgehead atoms. The van der Waals surface area contributed by atoms with Crippen LogP contribution in [-0.4, -0.2) is 33.8 Å². The van der Waals surface area contributed by atoms with Crippen LogP contribution in [0.15, 0.2) is 18.3 Å². The smallest absolute Gasteiger partial charge is 0.271 e. The lowest BCUT2D eigenvalue weighted by Gasteiger charge is -2.39. The summed E-state index contributed by atoms with van der Waals surface area (Å²) in [7, 11) is 0. The molecular formula is C18H25N3O3. The van der Waals surface area contributed by atoms with Gasteiger partial charge in [0.05, 0.1) is 12.2 Å². The van der Waals surface area contributed by atoms with E-state index in [0.717, 1.165) is 6.42 Å². The number of nitrogens with zero attached hydrogens (tertiary/aromatic N) is 2. The summed E-state index contributed by atoms with van der Waals surface area (Å²) in [6, 6.07) is 3.47. The molecule has 130 valence electrons. The van der Waals surface area contributed by atoms with Gasteiger partial charge in [0, 0.05) is 6.20 Å². The first-order valence-corrected chi connectivity index (χ1v) is 8.55. The van der Waals surface area contributed by atoms with Crippen LogP contribution in [0, 0.1) is 11.8 Å². The molecule has 24 heavy (non-hydrogen) atoms. The summed E-state index contributed by atoms with van der Waals surface area (Å²) in [4.78, 5) is 31.8. The average Bonchev–Trinajstić information content (AvgIpc) is 2.95. The van der Waals surface area contributed by atoms with Crippen LogP contribution in [0.2, 0.25) is 0 Å². The molecule has 0 radical (unpaired) electrons. The zero-order valence-corrected chi connectivity index (χ0v) is 14.9. The second kappa shape index (κ2) is 5.55. The van der Waals surface area contributed by atoms with Gasteiger partial charge in [-0.2, -0.15) is 0 Å². The van der Waals surface area contributed by atoms with Crippen LogP contribution in [0.3, 0.4) is 0 Å². The summed E-state index contributed by atoms with van der Waals surface area (Å²) in [6.07, 6.45) is 2.58. The molecule has 2 aliphatic rings. The number of rotatable bonds is 5. The molecule has 6 nitrogen and oxygen atoms in total. The Labute approximate surface area is 142 Å². The highest BCUT2D eigenvalue weighted by Gasteiger charge is 2.68. The first kappa shape index (κ1) is 16.9. The third-order valence-corrected chi connectivity index (χ3v) is 5.48. The first-order valence-electron chi connectivity index (χ1n) is 8.55. The Hall–Kier alpha value is -1.95. The normalized spacial score (nSPS) is 29.7. The molecule has 1 aromatic heterocycles. The largest absolute Gasteiger partial charge is 0.333 e. The van der Waals surface area contributed by atoms with Gasteiger partial charge in [-0.3, -0.25) is 19.5 Å². The third-order valence-electron chi connectivity index (χ3n) is 5.48. The number of pyridine rings is 1. The molecule has 0 aliphatic carbocycles. The monoisotopic (exact) mass is 331 g/mol. The minimum atomic E-state index is -1.30. The number of hydrogen-bond donors (Lipinski definition) is 1. The van der Waals surface area contributed by atoms with Crippen molar-refractivity contribution < 1.29 is 14.3 Å². The van der Waals surface area contributed by atoms with E-state index in [1.165, 1.54) is 0 Å². The van der Waals surface area contributed by atoms with Crippen molar-refractivity contribution in [3.8, 4) is 0 Å². The molecule has 6 heteroatoms. The molecule has 3 heterocycles. The predicted molar refractivity (Wildman–Crippen MR) is 88.9 cm³/mol. The molecule has 3 atom stereocenters. The first-order chi connectivity index (χ1) is 11.3. The lowest BCUT2D eigenvalue weighted by molar-refractivity contribution is -0.164. The molecule has 0 aromatic carbocycles. The molecule has 2 amide bonds. The summed E-state index contributed by atoms with van der Waals surface area (Å²) in [5.74, 6) is -1.47. The minimum Gasteiger partial charge on any atom is -0.333 e. The minimum absolute atomic E-state index is 0.0650. The molecule has 0 spiro atoms. The van der Waals surface area contributed by atoms with Gasteiger partial charge in [0.25, 0.3) is 11.8 Å². The van der Waals surface area contributed by atoms with Crippen LogP contribution in [0.1, 0.15) is 57.1 Å². The van der Waals surface area contributed by atoms with E-state index in [0.29, 0.717) is 23.8 Å². The van der Waals surface area contributed by atoms with Crippen LogP contribution >= 0.6 is 0 Å². The number of nitrogens with one attached hydrogen (secondary N) is 1. The SMILES string of the molecule is CCC(C)COC12NC(=O)C(C)(C(C)C)N1C(=O)c1cccnc12. The maximum atomic E-state index is 13.1. The van der Waals surface area contributed by atoms with Crippen molar-refractivity contribution in [3.05, 3.63) is 29.6 Å². The van der Waals surface area contributed by atoms with Crippen molar-refractivity contribution in [2.45, 2.75) is 52.4 Å². The van der Waals surface area contributed by atoms with Gasteiger partial charge in [0.1, 0.15) is 11.2 Å². The van der Waals surface area contributed by atoms with E-state index in [4.69, 9.17) is 4.74 Å². The number of carbonyl (C=O) groups excluding carboxylic acids is 2. The van der Waals surface area contributed by atoms with Crippen LogP contribution in [0.5, 0.6) is 0 Å². The van der Waals surface area contributed by atoms with Gasteiger partial charge in [0.2, 0.25) is 5.91 Å². The van der Waals surface area contributed by atoms with Gasteiger partial charge >= 0.3 is 0 Å². The topological polar surface area (TPSA) is 71.5 Å². The van der Waals surface area contributed by atoms with E-state index in [2.05, 4.69) is 24.1 Å². The standard InChI is InChI=1S/C18H25N3O3/c1-6-12(4)10-24-18-14-13(8-7-9-19-14)15(22)21(18)17(5,11(2)3)16(23)20-18/h7-9,11-12H,6,10H2,1-5H3,(H,20,23). The van der Waals surface area contributed by atoms with E-state index in [9.17, 15) is 9.59 Å². The lowest BCUT2D eigenvalue weighted by atomic mass is 9.87. The highest BCUT2D eigenvalue weighted by Crippen LogP contribution is 2.48. The van der Waals surface area contributed by atoms with Gasteiger partial charge < -0.3 is 10.1 Å². The molecule has 1 saturated heterocycles. The van der Waals surface area contributed by atoms with E-state index in [-0.39, 0.29) is 17.7 Å².